The maximum absolute atomic E-state index is 10.8. The van der Waals surface area contributed by atoms with Crippen LogP contribution in [0, 0.1) is 0 Å². The first-order chi connectivity index (χ1) is 5.27. The van der Waals surface area contributed by atoms with Crippen LogP contribution in [0.5, 0.6) is 0 Å². The lowest BCUT2D eigenvalue weighted by atomic mass is 11.0. The average Bonchev–Trinajstić information content (AvgIpc) is 1.83. The summed E-state index contributed by atoms with van der Waals surface area (Å²) >= 11 is 0. The van der Waals surface area contributed by atoms with Crippen molar-refractivity contribution in [1.82, 2.24) is 5.48 Å². The third kappa shape index (κ3) is 6.94. The van der Waals surface area contributed by atoms with Crippen molar-refractivity contribution in [3.63, 3.8) is 0 Å². The van der Waals surface area contributed by atoms with Crippen molar-refractivity contribution in [3.8, 4) is 0 Å². The van der Waals surface area contributed by atoms with E-state index in [1.54, 1.807) is 0 Å². The Morgan fingerprint density at radius 2 is 1.75 bits per heavy atom. The van der Waals surface area contributed by atoms with Crippen LogP contribution in [0.1, 0.15) is 0 Å². The number of rotatable bonds is 5. The van der Waals surface area contributed by atoms with Crippen molar-refractivity contribution >= 4 is 15.2 Å². The van der Waals surface area contributed by atoms with E-state index in [0.29, 0.717) is 0 Å². The molecule has 0 saturated carbocycles. The summed E-state index contributed by atoms with van der Waals surface area (Å²) < 4.78 is 25.2. The summed E-state index contributed by atoms with van der Waals surface area (Å²) in [6.07, 6.45) is -1.24. The minimum absolute atomic E-state index is 0.571. The highest BCUT2D eigenvalue weighted by atomic mass is 31.2. The second kappa shape index (κ2) is 4.48. The van der Waals surface area contributed by atoms with Crippen LogP contribution in [0.2, 0.25) is 0 Å². The molecule has 0 aromatic rings. The molecule has 7 nitrogen and oxygen atoms in total. The largest absolute Gasteiger partial charge is 0.345 e. The summed E-state index contributed by atoms with van der Waals surface area (Å²) in [7, 11) is -6.84. The molecule has 0 aromatic carbocycles. The Balaban J connectivity index is 3.93. The second-order valence-corrected chi connectivity index (χ2v) is 5.73. The predicted octanol–water partition coefficient (Wildman–Crippen LogP) is -0.500. The van der Waals surface area contributed by atoms with E-state index < -0.39 is 27.5 Å². The minimum atomic E-state index is -4.23. The summed E-state index contributed by atoms with van der Waals surface area (Å²) in [5.41, 5.74) is 1.98. The quantitative estimate of drug-likeness (QED) is 0.363. The van der Waals surface area contributed by atoms with Gasteiger partial charge in [-0.3, -0.25) is 9.13 Å². The van der Waals surface area contributed by atoms with Gasteiger partial charge in [-0.05, 0) is 0 Å². The van der Waals surface area contributed by atoms with E-state index in [1.165, 1.54) is 7.05 Å². The summed E-state index contributed by atoms with van der Waals surface area (Å²) in [6, 6.07) is 0. The number of hydrogen-bond acceptors (Lipinski definition) is 4. The fourth-order valence-electron chi connectivity index (χ4n) is 0.445. The molecule has 0 aliphatic rings. The van der Waals surface area contributed by atoms with Crippen LogP contribution in [0.4, 0.5) is 0 Å². The molecule has 4 N–H and O–H groups in total. The van der Waals surface area contributed by atoms with Gasteiger partial charge in [0.25, 0.3) is 0 Å². The molecule has 0 heterocycles. The lowest BCUT2D eigenvalue weighted by Gasteiger charge is -2.10. The van der Waals surface area contributed by atoms with Gasteiger partial charge in [0.1, 0.15) is 0 Å². The van der Waals surface area contributed by atoms with Crippen molar-refractivity contribution in [2.75, 3.05) is 19.4 Å². The Kier molecular flexibility index (Phi) is 4.58. The first-order valence-electron chi connectivity index (χ1n) is 2.98. The fourth-order valence-corrected chi connectivity index (χ4v) is 2.87. The zero-order chi connectivity index (χ0) is 9.83. The van der Waals surface area contributed by atoms with Gasteiger partial charge in [-0.2, -0.15) is 5.48 Å². The Labute approximate surface area is 69.4 Å². The summed E-state index contributed by atoms with van der Waals surface area (Å²) in [6.45, 7) is 0. The van der Waals surface area contributed by atoms with Crippen LogP contribution in [-0.4, -0.2) is 34.1 Å². The summed E-state index contributed by atoms with van der Waals surface area (Å²) in [5.74, 6) is 0. The zero-order valence-electron chi connectivity index (χ0n) is 6.38. The van der Waals surface area contributed by atoms with E-state index in [0.717, 1.165) is 0 Å². The predicted molar refractivity (Wildman–Crippen MR) is 41.7 cm³/mol. The highest BCUT2D eigenvalue weighted by Gasteiger charge is 2.24. The third-order valence-electron chi connectivity index (χ3n) is 0.908. The minimum Gasteiger partial charge on any atom is -0.324 e. The maximum atomic E-state index is 10.8. The molecule has 0 aromatic heterocycles. The van der Waals surface area contributed by atoms with E-state index in [9.17, 15) is 9.13 Å². The number of nitrogens with one attached hydrogen (secondary N) is 1. The molecule has 0 fully saturated rings. The van der Waals surface area contributed by atoms with Gasteiger partial charge in [0.05, 0.1) is 12.3 Å². The van der Waals surface area contributed by atoms with Crippen LogP contribution in [0.25, 0.3) is 0 Å². The Hall–Kier alpha value is 0.260. The molecule has 0 aliphatic heterocycles. The van der Waals surface area contributed by atoms with Crippen LogP contribution in [0.15, 0.2) is 0 Å². The molecule has 74 valence electrons. The highest BCUT2D eigenvalue weighted by molar-refractivity contribution is 7.56. The molecule has 9 heteroatoms. The van der Waals surface area contributed by atoms with Crippen LogP contribution < -0.4 is 5.48 Å². The SMILES string of the molecule is CNOP(=O)(O)CCP(=O)(O)O. The van der Waals surface area contributed by atoms with Crippen molar-refractivity contribution in [2.24, 2.45) is 0 Å². The standard InChI is InChI=1S/C3H11NO6P2/c1-4-10-12(8,9)3-2-11(5,6)7/h4H,2-3H2,1H3,(H,8,9)(H2,5,6,7). The Morgan fingerprint density at radius 1 is 1.25 bits per heavy atom. The van der Waals surface area contributed by atoms with E-state index in [2.05, 4.69) is 4.62 Å². The van der Waals surface area contributed by atoms with Gasteiger partial charge in [-0.15, -0.1) is 0 Å². The fraction of sp³-hybridized carbons (Fsp3) is 1.00. The molecular formula is C3H11NO6P2. The van der Waals surface area contributed by atoms with E-state index in [-0.39, 0.29) is 0 Å². The molecule has 12 heavy (non-hydrogen) atoms. The normalized spacial score (nSPS) is 17.3. The smallest absolute Gasteiger partial charge is 0.324 e. The molecule has 0 amide bonds. The topological polar surface area (TPSA) is 116 Å². The molecule has 0 rings (SSSR count). The molecule has 0 spiro atoms. The Morgan fingerprint density at radius 3 is 2.08 bits per heavy atom. The number of hydrogen-bond donors (Lipinski definition) is 4. The van der Waals surface area contributed by atoms with Crippen molar-refractivity contribution in [2.45, 2.75) is 0 Å². The highest BCUT2D eigenvalue weighted by Crippen LogP contribution is 2.45. The average molecular weight is 219 g/mol. The second-order valence-electron chi connectivity index (χ2n) is 2.04. The van der Waals surface area contributed by atoms with Crippen molar-refractivity contribution < 1.29 is 28.4 Å². The van der Waals surface area contributed by atoms with E-state index >= 15 is 0 Å². The van der Waals surface area contributed by atoms with E-state index in [1.807, 2.05) is 5.48 Å². The van der Waals surface area contributed by atoms with Crippen molar-refractivity contribution in [1.29, 1.82) is 0 Å². The maximum Gasteiger partial charge on any atom is 0.345 e. The Bertz CT molecular complexity index is 223. The lowest BCUT2D eigenvalue weighted by Crippen LogP contribution is -2.08. The monoisotopic (exact) mass is 219 g/mol. The first-order valence-corrected chi connectivity index (χ1v) is 6.54. The van der Waals surface area contributed by atoms with Gasteiger partial charge in [0.2, 0.25) is 0 Å². The molecule has 0 radical (unpaired) electrons. The van der Waals surface area contributed by atoms with Gasteiger partial charge in [0, 0.05) is 7.05 Å². The van der Waals surface area contributed by atoms with Crippen LogP contribution in [0.3, 0.4) is 0 Å². The van der Waals surface area contributed by atoms with Crippen molar-refractivity contribution in [3.05, 3.63) is 0 Å². The zero-order valence-corrected chi connectivity index (χ0v) is 8.16. The lowest BCUT2D eigenvalue weighted by molar-refractivity contribution is 0.188. The van der Waals surface area contributed by atoms with Crippen LogP contribution >= 0.6 is 15.2 Å². The first kappa shape index (κ1) is 12.3. The summed E-state index contributed by atoms with van der Waals surface area (Å²) in [4.78, 5) is 25.5. The molecule has 1 unspecified atom stereocenters. The third-order valence-corrected chi connectivity index (χ3v) is 3.32. The molecule has 0 aliphatic carbocycles. The van der Waals surface area contributed by atoms with Gasteiger partial charge in [-0.1, -0.05) is 0 Å². The van der Waals surface area contributed by atoms with Gasteiger partial charge in [0.15, 0.2) is 0 Å². The molecule has 0 saturated heterocycles. The van der Waals surface area contributed by atoms with Gasteiger partial charge < -0.3 is 14.7 Å². The molecular weight excluding hydrogens is 208 g/mol. The number of hydroxylamine groups is 1. The summed E-state index contributed by atoms with van der Waals surface area (Å²) in [5, 5.41) is 0. The van der Waals surface area contributed by atoms with Gasteiger partial charge in [-0.25, -0.2) is 4.62 Å². The molecule has 1 atom stereocenters. The van der Waals surface area contributed by atoms with E-state index in [4.69, 9.17) is 14.7 Å². The van der Waals surface area contributed by atoms with Gasteiger partial charge >= 0.3 is 15.2 Å². The molecule has 0 bridgehead atoms. The van der Waals surface area contributed by atoms with Crippen LogP contribution in [-0.2, 0) is 13.8 Å².